The van der Waals surface area contributed by atoms with Crippen LogP contribution in [0.1, 0.15) is 57.7 Å². The van der Waals surface area contributed by atoms with Crippen LogP contribution in [0.2, 0.25) is 0 Å². The highest BCUT2D eigenvalue weighted by molar-refractivity contribution is 5.25. The summed E-state index contributed by atoms with van der Waals surface area (Å²) in [6.45, 7) is 10.7. The predicted octanol–water partition coefficient (Wildman–Crippen LogP) is 4.09. The minimum atomic E-state index is 0.343. The van der Waals surface area contributed by atoms with E-state index in [9.17, 15) is 0 Å². The molecule has 0 aromatic carbocycles. The number of ether oxygens (including phenoxy) is 1. The van der Waals surface area contributed by atoms with Gasteiger partial charge in [-0.15, -0.1) is 0 Å². The molecule has 0 saturated heterocycles. The molecule has 1 aromatic rings. The summed E-state index contributed by atoms with van der Waals surface area (Å²) >= 11 is 0. The molecule has 0 radical (unpaired) electrons. The third-order valence-electron chi connectivity index (χ3n) is 4.34. The largest absolute Gasteiger partial charge is 0.474 e. The maximum atomic E-state index is 6.11. The average Bonchev–Trinajstić information content (AvgIpc) is 2.43. The summed E-state index contributed by atoms with van der Waals surface area (Å²) in [5.41, 5.74) is 2.34. The fourth-order valence-corrected chi connectivity index (χ4v) is 2.93. The van der Waals surface area contributed by atoms with Crippen LogP contribution in [0.15, 0.2) is 12.1 Å². The lowest BCUT2D eigenvalue weighted by molar-refractivity contribution is 0.0974. The summed E-state index contributed by atoms with van der Waals surface area (Å²) in [4.78, 5) is 4.64. The third kappa shape index (κ3) is 4.99. The summed E-state index contributed by atoms with van der Waals surface area (Å²) in [5.74, 6) is 2.11. The first-order valence-electron chi connectivity index (χ1n) is 8.40. The molecule has 3 heteroatoms. The number of aromatic nitrogens is 1. The van der Waals surface area contributed by atoms with Gasteiger partial charge in [-0.25, -0.2) is 4.98 Å². The van der Waals surface area contributed by atoms with Crippen LogP contribution in [-0.4, -0.2) is 17.6 Å². The molecule has 21 heavy (non-hydrogen) atoms. The van der Waals surface area contributed by atoms with Gasteiger partial charge in [0.1, 0.15) is 6.10 Å². The van der Waals surface area contributed by atoms with Crippen LogP contribution in [0, 0.1) is 18.8 Å². The fourth-order valence-electron chi connectivity index (χ4n) is 2.93. The highest BCUT2D eigenvalue weighted by Gasteiger charge is 2.23. The van der Waals surface area contributed by atoms with Gasteiger partial charge in [-0.3, -0.25) is 0 Å². The first kappa shape index (κ1) is 16.3. The maximum absolute atomic E-state index is 6.11. The molecule has 0 aliphatic heterocycles. The fraction of sp³-hybridized carbons (Fsp3) is 0.722. The number of rotatable bonds is 6. The van der Waals surface area contributed by atoms with E-state index in [4.69, 9.17) is 4.74 Å². The molecule has 1 aliphatic rings. The molecular weight excluding hydrogens is 260 g/mol. The quantitative estimate of drug-likeness (QED) is 0.856. The van der Waals surface area contributed by atoms with Crippen LogP contribution in [0.3, 0.4) is 0 Å². The van der Waals surface area contributed by atoms with Crippen LogP contribution >= 0.6 is 0 Å². The third-order valence-corrected chi connectivity index (χ3v) is 4.34. The summed E-state index contributed by atoms with van der Waals surface area (Å²) in [7, 11) is 0. The number of pyridine rings is 1. The molecule has 2 unspecified atom stereocenters. The van der Waals surface area contributed by atoms with Gasteiger partial charge in [0.15, 0.2) is 0 Å². The Labute approximate surface area is 129 Å². The van der Waals surface area contributed by atoms with Crippen LogP contribution in [0.4, 0.5) is 0 Å². The summed E-state index contributed by atoms with van der Waals surface area (Å²) in [6.07, 6.45) is 5.41. The number of hydrogen-bond acceptors (Lipinski definition) is 3. The van der Waals surface area contributed by atoms with E-state index < -0.39 is 0 Å². The Morgan fingerprint density at radius 1 is 1.29 bits per heavy atom. The van der Waals surface area contributed by atoms with E-state index in [-0.39, 0.29) is 0 Å². The van der Waals surface area contributed by atoms with E-state index in [1.54, 1.807) is 0 Å². The second-order valence-electron chi connectivity index (χ2n) is 6.84. The zero-order chi connectivity index (χ0) is 15.2. The Hall–Kier alpha value is -1.09. The van der Waals surface area contributed by atoms with Gasteiger partial charge in [-0.1, -0.05) is 33.3 Å². The summed E-state index contributed by atoms with van der Waals surface area (Å²) in [6, 6.07) is 4.18. The summed E-state index contributed by atoms with van der Waals surface area (Å²) in [5, 5.41) is 3.47. The lowest BCUT2D eigenvalue weighted by Gasteiger charge is -2.29. The Morgan fingerprint density at radius 3 is 2.71 bits per heavy atom. The molecule has 0 amide bonds. The smallest absolute Gasteiger partial charge is 0.213 e. The second kappa shape index (κ2) is 7.79. The van der Waals surface area contributed by atoms with Crippen molar-refractivity contribution in [1.29, 1.82) is 0 Å². The highest BCUT2D eigenvalue weighted by atomic mass is 16.5. The number of hydrogen-bond donors (Lipinski definition) is 1. The van der Waals surface area contributed by atoms with Gasteiger partial charge in [0, 0.05) is 18.3 Å². The molecule has 0 spiro atoms. The van der Waals surface area contributed by atoms with Gasteiger partial charge in [0.25, 0.3) is 0 Å². The summed E-state index contributed by atoms with van der Waals surface area (Å²) < 4.78 is 6.11. The molecule has 1 N–H and O–H groups in total. The molecule has 1 aliphatic carbocycles. The number of nitrogens with zero attached hydrogens (tertiary/aromatic N) is 1. The van der Waals surface area contributed by atoms with Crippen molar-refractivity contribution in [3.8, 4) is 5.88 Å². The van der Waals surface area contributed by atoms with Gasteiger partial charge in [-0.2, -0.15) is 0 Å². The lowest BCUT2D eigenvalue weighted by Crippen LogP contribution is -2.28. The zero-order valence-corrected chi connectivity index (χ0v) is 14.0. The van der Waals surface area contributed by atoms with E-state index in [1.807, 2.05) is 6.07 Å². The van der Waals surface area contributed by atoms with E-state index in [2.05, 4.69) is 44.1 Å². The number of aryl methyl sites for hydroxylation is 1. The van der Waals surface area contributed by atoms with Gasteiger partial charge in [0.2, 0.25) is 5.88 Å². The van der Waals surface area contributed by atoms with E-state index >= 15 is 0 Å². The van der Waals surface area contributed by atoms with Crippen LogP contribution in [-0.2, 0) is 6.54 Å². The first-order chi connectivity index (χ1) is 10.1. The van der Waals surface area contributed by atoms with Crippen molar-refractivity contribution < 1.29 is 4.74 Å². The Bertz CT molecular complexity index is 445. The molecular formula is C18H30N2O. The van der Waals surface area contributed by atoms with Crippen LogP contribution in [0.5, 0.6) is 5.88 Å². The van der Waals surface area contributed by atoms with Crippen molar-refractivity contribution >= 4 is 0 Å². The monoisotopic (exact) mass is 290 g/mol. The van der Waals surface area contributed by atoms with Crippen LogP contribution < -0.4 is 10.1 Å². The van der Waals surface area contributed by atoms with Gasteiger partial charge < -0.3 is 10.1 Å². The first-order valence-corrected chi connectivity index (χ1v) is 8.40. The van der Waals surface area contributed by atoms with Gasteiger partial charge in [0.05, 0.1) is 0 Å². The molecule has 1 aromatic heterocycles. The molecule has 1 saturated carbocycles. The van der Waals surface area contributed by atoms with Crippen molar-refractivity contribution in [2.24, 2.45) is 11.8 Å². The minimum Gasteiger partial charge on any atom is -0.474 e. The molecule has 118 valence electrons. The molecule has 1 fully saturated rings. The van der Waals surface area contributed by atoms with E-state index in [1.165, 1.54) is 31.2 Å². The van der Waals surface area contributed by atoms with Crippen molar-refractivity contribution in [2.45, 2.75) is 66.0 Å². The topological polar surface area (TPSA) is 34.1 Å². The Balaban J connectivity index is 1.91. The van der Waals surface area contributed by atoms with E-state index in [0.29, 0.717) is 17.9 Å². The van der Waals surface area contributed by atoms with E-state index in [0.717, 1.165) is 24.7 Å². The van der Waals surface area contributed by atoms with Crippen LogP contribution in [0.25, 0.3) is 0 Å². The standard InChI is InChI=1S/C18H30N2O/c1-13(2)11-19-12-16-9-10-18(20-15(16)4)21-17-8-6-5-7-14(17)3/h9-10,13-14,17,19H,5-8,11-12H2,1-4H3. The van der Waals surface area contributed by atoms with Crippen molar-refractivity contribution in [3.63, 3.8) is 0 Å². The Morgan fingerprint density at radius 2 is 2.05 bits per heavy atom. The van der Waals surface area contributed by atoms with Gasteiger partial charge in [-0.05, 0) is 50.1 Å². The van der Waals surface area contributed by atoms with Crippen molar-refractivity contribution in [1.82, 2.24) is 10.3 Å². The Kier molecular flexibility index (Phi) is 6.04. The molecule has 2 atom stereocenters. The molecule has 0 bridgehead atoms. The molecule has 1 heterocycles. The minimum absolute atomic E-state index is 0.343. The van der Waals surface area contributed by atoms with Gasteiger partial charge >= 0.3 is 0 Å². The predicted molar refractivity (Wildman–Crippen MR) is 87.6 cm³/mol. The van der Waals surface area contributed by atoms with Crippen molar-refractivity contribution in [3.05, 3.63) is 23.4 Å². The average molecular weight is 290 g/mol. The number of nitrogens with one attached hydrogen (secondary N) is 1. The molecule has 2 rings (SSSR count). The SMILES string of the molecule is Cc1nc(OC2CCCCC2C)ccc1CNCC(C)C. The molecule has 3 nitrogen and oxygen atoms in total. The maximum Gasteiger partial charge on any atom is 0.213 e. The van der Waals surface area contributed by atoms with Crippen molar-refractivity contribution in [2.75, 3.05) is 6.54 Å². The zero-order valence-electron chi connectivity index (χ0n) is 14.0. The highest BCUT2D eigenvalue weighted by Crippen LogP contribution is 2.27. The normalized spacial score (nSPS) is 22.5. The lowest BCUT2D eigenvalue weighted by atomic mass is 9.88. The second-order valence-corrected chi connectivity index (χ2v) is 6.84.